The Morgan fingerprint density at radius 3 is 2.10 bits per heavy atom. The number of carbonyl (C=O) groups is 2. The molecule has 0 amide bonds. The Balaban J connectivity index is 1.65. The number of hydrogen-bond donors (Lipinski definition) is 0. The molecule has 208 valence electrons. The molecule has 0 saturated carbocycles. The van der Waals surface area contributed by atoms with Crippen LogP contribution in [0, 0.1) is 23.8 Å². The molecule has 2 aromatic rings. The minimum Gasteiger partial charge on any atom is -0.490 e. The van der Waals surface area contributed by atoms with Gasteiger partial charge in [-0.3, -0.25) is 29.8 Å². The van der Waals surface area contributed by atoms with E-state index in [4.69, 9.17) is 9.47 Å². The molecule has 0 aromatic heterocycles. The van der Waals surface area contributed by atoms with Crippen molar-refractivity contribution in [3.63, 3.8) is 0 Å². The van der Waals surface area contributed by atoms with Crippen molar-refractivity contribution in [1.29, 1.82) is 0 Å². The molecule has 2 aliphatic carbocycles. The maximum absolute atomic E-state index is 13.3. The molecule has 1 aliphatic heterocycles. The monoisotopic (exact) mass is 659 g/mol. The second-order valence-electron chi connectivity index (χ2n) is 9.80. The van der Waals surface area contributed by atoms with Gasteiger partial charge in [0, 0.05) is 54.4 Å². The van der Waals surface area contributed by atoms with Crippen LogP contribution >= 0.6 is 22.6 Å². The molecule has 0 unspecified atom stereocenters. The number of ether oxygens (including phenoxy) is 2. The molecule has 2 aromatic carbocycles. The first-order valence-electron chi connectivity index (χ1n) is 13.0. The first kappa shape index (κ1) is 27.7. The van der Waals surface area contributed by atoms with Gasteiger partial charge in [0.05, 0.1) is 26.1 Å². The summed E-state index contributed by atoms with van der Waals surface area (Å²) in [4.78, 5) is 50.1. The highest BCUT2D eigenvalue weighted by molar-refractivity contribution is 14.1. The molecule has 40 heavy (non-hydrogen) atoms. The van der Waals surface area contributed by atoms with Gasteiger partial charge >= 0.3 is 5.69 Å². The van der Waals surface area contributed by atoms with Crippen LogP contribution in [0.1, 0.15) is 56.9 Å². The van der Waals surface area contributed by atoms with Crippen LogP contribution in [0.2, 0.25) is 0 Å². The van der Waals surface area contributed by atoms with Gasteiger partial charge in [0.1, 0.15) is 0 Å². The number of rotatable bonds is 7. The van der Waals surface area contributed by atoms with Gasteiger partial charge in [0.15, 0.2) is 23.1 Å². The third-order valence-corrected chi connectivity index (χ3v) is 8.27. The molecule has 0 spiro atoms. The molecule has 0 saturated heterocycles. The first-order chi connectivity index (χ1) is 19.1. The second kappa shape index (κ2) is 11.0. The van der Waals surface area contributed by atoms with Crippen LogP contribution in [0.3, 0.4) is 0 Å². The smallest absolute Gasteiger partial charge is 0.318 e. The zero-order chi connectivity index (χ0) is 28.7. The number of non-ortho nitro benzene ring substituents is 1. The lowest BCUT2D eigenvalue weighted by Crippen LogP contribution is -2.37. The minimum absolute atomic E-state index is 0.0258. The Morgan fingerprint density at radius 2 is 1.55 bits per heavy atom. The van der Waals surface area contributed by atoms with Gasteiger partial charge in [0.25, 0.3) is 5.69 Å². The van der Waals surface area contributed by atoms with E-state index in [0.29, 0.717) is 33.1 Å². The van der Waals surface area contributed by atoms with E-state index in [9.17, 15) is 29.8 Å². The summed E-state index contributed by atoms with van der Waals surface area (Å²) in [6.07, 6.45) is 3.85. The molecule has 3 aliphatic rings. The van der Waals surface area contributed by atoms with Crippen molar-refractivity contribution in [3.05, 3.63) is 82.2 Å². The predicted molar refractivity (Wildman–Crippen MR) is 152 cm³/mol. The molecule has 0 bridgehead atoms. The van der Waals surface area contributed by atoms with Crippen LogP contribution in [-0.2, 0) is 9.59 Å². The summed E-state index contributed by atoms with van der Waals surface area (Å²) >= 11 is 2.04. The van der Waals surface area contributed by atoms with Gasteiger partial charge in [-0.1, -0.05) is 0 Å². The Labute approximate surface area is 243 Å². The number of nitro benzene ring substituents is 2. The highest BCUT2D eigenvalue weighted by Gasteiger charge is 2.42. The van der Waals surface area contributed by atoms with E-state index in [1.165, 1.54) is 6.07 Å². The molecule has 1 heterocycles. The van der Waals surface area contributed by atoms with Crippen LogP contribution < -0.4 is 9.47 Å². The number of benzene rings is 2. The van der Waals surface area contributed by atoms with Gasteiger partial charge in [0.2, 0.25) is 5.75 Å². The number of allylic oxidation sites excluding steroid dienone is 4. The van der Waals surface area contributed by atoms with E-state index < -0.39 is 27.1 Å². The zero-order valence-corrected chi connectivity index (χ0v) is 24.1. The summed E-state index contributed by atoms with van der Waals surface area (Å²) in [5.74, 6) is -0.189. The van der Waals surface area contributed by atoms with Crippen molar-refractivity contribution in [2.45, 2.75) is 51.4 Å². The summed E-state index contributed by atoms with van der Waals surface area (Å²) in [6.45, 7) is 2.04. The van der Waals surface area contributed by atoms with Crippen LogP contribution in [-0.4, -0.2) is 40.0 Å². The quantitative estimate of drug-likeness (QED) is 0.189. The Bertz CT molecular complexity index is 1490. The summed E-state index contributed by atoms with van der Waals surface area (Å²) in [5.41, 5.74) is 2.89. The average Bonchev–Trinajstić information content (AvgIpc) is 2.91. The zero-order valence-electron chi connectivity index (χ0n) is 21.9. The Kier molecular flexibility index (Phi) is 7.62. The maximum Gasteiger partial charge on any atom is 0.318 e. The highest BCUT2D eigenvalue weighted by atomic mass is 127. The van der Waals surface area contributed by atoms with Crippen molar-refractivity contribution >= 4 is 45.5 Å². The van der Waals surface area contributed by atoms with Crippen LogP contribution in [0.5, 0.6) is 17.2 Å². The first-order valence-corrected chi connectivity index (χ1v) is 14.0. The average molecular weight is 659 g/mol. The van der Waals surface area contributed by atoms with Gasteiger partial charge in [-0.15, -0.1) is 0 Å². The lowest BCUT2D eigenvalue weighted by atomic mass is 9.71. The largest absolute Gasteiger partial charge is 0.490 e. The van der Waals surface area contributed by atoms with E-state index in [-0.39, 0.29) is 35.4 Å². The molecule has 0 radical (unpaired) electrons. The number of halogens is 1. The van der Waals surface area contributed by atoms with Gasteiger partial charge in [-0.2, -0.15) is 0 Å². The third kappa shape index (κ3) is 4.84. The topological polar surface area (TPSA) is 142 Å². The lowest BCUT2D eigenvalue weighted by Gasteiger charge is -2.42. The number of nitrogens with zero attached hydrogens (tertiary/aromatic N) is 3. The molecule has 11 nitrogen and oxygen atoms in total. The summed E-state index contributed by atoms with van der Waals surface area (Å²) in [5, 5.41) is 22.8. The fourth-order valence-corrected chi connectivity index (χ4v) is 6.50. The van der Waals surface area contributed by atoms with Crippen molar-refractivity contribution in [1.82, 2.24) is 4.90 Å². The Morgan fingerprint density at radius 1 is 0.925 bits per heavy atom. The third-order valence-electron chi connectivity index (χ3n) is 7.47. The van der Waals surface area contributed by atoms with Crippen LogP contribution in [0.4, 0.5) is 11.4 Å². The van der Waals surface area contributed by atoms with E-state index >= 15 is 0 Å². The van der Waals surface area contributed by atoms with E-state index in [1.807, 2.05) is 40.6 Å². The lowest BCUT2D eigenvalue weighted by molar-refractivity contribution is -0.394. The molecular formula is C28H26IN3O8. The van der Waals surface area contributed by atoms with Crippen LogP contribution in [0.15, 0.2) is 52.9 Å². The number of nitro groups is 2. The summed E-state index contributed by atoms with van der Waals surface area (Å²) < 4.78 is 12.4. The van der Waals surface area contributed by atoms with Crippen LogP contribution in [0.25, 0.3) is 0 Å². The van der Waals surface area contributed by atoms with Crippen molar-refractivity contribution in [2.24, 2.45) is 0 Å². The van der Waals surface area contributed by atoms with Crippen molar-refractivity contribution < 1.29 is 28.9 Å². The number of ketones is 2. The molecular weight excluding hydrogens is 633 g/mol. The fraction of sp³-hybridized carbons (Fsp3) is 0.357. The predicted octanol–water partition coefficient (Wildman–Crippen LogP) is 6.34. The molecule has 0 N–H and O–H groups in total. The number of Topliss-reactive ketones (excluding diaryl/α,β-unsaturated/α-hetero) is 2. The van der Waals surface area contributed by atoms with Crippen molar-refractivity contribution in [2.75, 3.05) is 13.7 Å². The normalized spacial score (nSPS) is 17.5. The molecule has 5 rings (SSSR count). The van der Waals surface area contributed by atoms with E-state index in [0.717, 1.165) is 49.2 Å². The number of hydrogen-bond acceptors (Lipinski definition) is 9. The standard InChI is InChI=1S/C28H26IN3O8/c1-3-39-24-13-15(12-17(29)28(24)40-23-11-10-16(31(35)36)14-20(23)32(37)38)25-26-18(6-4-8-21(26)33)30(2)19-7-5-9-22(34)27(19)25/h10-14,25H,3-9H2,1-2H3. The highest BCUT2D eigenvalue weighted by Crippen LogP contribution is 2.51. The van der Waals surface area contributed by atoms with E-state index in [1.54, 1.807) is 13.0 Å². The Hall–Kier alpha value is -3.81. The maximum atomic E-state index is 13.3. The molecule has 12 heteroatoms. The SMILES string of the molecule is CCOc1cc(C2C3=C(CCCC3=O)N(C)C3=C2C(=O)CCC3)cc(I)c1Oc1ccc([N+](=O)[O-])cc1[N+](=O)[O-]. The molecule has 0 fully saturated rings. The number of carbonyl (C=O) groups excluding carboxylic acids is 2. The van der Waals surface area contributed by atoms with Gasteiger partial charge in [-0.05, 0) is 79.0 Å². The van der Waals surface area contributed by atoms with Gasteiger partial charge in [-0.25, -0.2) is 0 Å². The minimum atomic E-state index is -0.742. The summed E-state index contributed by atoms with van der Waals surface area (Å²) in [6, 6.07) is 6.70. The van der Waals surface area contributed by atoms with Gasteiger partial charge < -0.3 is 14.4 Å². The summed E-state index contributed by atoms with van der Waals surface area (Å²) in [7, 11) is 1.93. The van der Waals surface area contributed by atoms with Crippen molar-refractivity contribution in [3.8, 4) is 17.2 Å². The van der Waals surface area contributed by atoms with E-state index in [2.05, 4.69) is 0 Å². The fourth-order valence-electron chi connectivity index (χ4n) is 5.76. The second-order valence-corrected chi connectivity index (χ2v) is 11.0. The molecule has 0 atom stereocenters.